The van der Waals surface area contributed by atoms with E-state index in [1.165, 1.54) is 30.3 Å². The molecule has 8 heteroatoms. The van der Waals surface area contributed by atoms with E-state index < -0.39 is 9.84 Å². The Morgan fingerprint density at radius 1 is 1.16 bits per heavy atom. The largest absolute Gasteiger partial charge is 0.399 e. The number of aromatic nitrogens is 2. The SMILES string of the molecule is NCc1nc(Br)cc(S(=O)(=O)c2ccc(N)cc2)n1. The minimum Gasteiger partial charge on any atom is -0.399 e. The van der Waals surface area contributed by atoms with Crippen molar-refractivity contribution < 1.29 is 8.42 Å². The predicted molar refractivity (Wildman–Crippen MR) is 73.9 cm³/mol. The van der Waals surface area contributed by atoms with Crippen LogP contribution in [0.15, 0.2) is 44.9 Å². The van der Waals surface area contributed by atoms with Crippen molar-refractivity contribution in [3.63, 3.8) is 0 Å². The molecule has 6 nitrogen and oxygen atoms in total. The molecule has 19 heavy (non-hydrogen) atoms. The summed E-state index contributed by atoms with van der Waals surface area (Å²) in [5.41, 5.74) is 11.5. The Kier molecular flexibility index (Phi) is 3.83. The van der Waals surface area contributed by atoms with Crippen LogP contribution in [0.3, 0.4) is 0 Å². The first-order valence-corrected chi connectivity index (χ1v) is 7.55. The van der Waals surface area contributed by atoms with Crippen molar-refractivity contribution >= 4 is 31.5 Å². The smallest absolute Gasteiger partial charge is 0.224 e. The zero-order chi connectivity index (χ0) is 14.0. The molecule has 4 N–H and O–H groups in total. The van der Waals surface area contributed by atoms with Crippen LogP contribution in [0.25, 0.3) is 0 Å². The molecule has 1 aromatic carbocycles. The molecule has 0 saturated heterocycles. The van der Waals surface area contributed by atoms with Gasteiger partial charge in [0.2, 0.25) is 9.84 Å². The fourth-order valence-corrected chi connectivity index (χ4v) is 3.24. The highest BCUT2D eigenvalue weighted by Crippen LogP contribution is 2.22. The number of nitrogens with zero attached hydrogens (tertiary/aromatic N) is 2. The Hall–Kier alpha value is -1.51. The van der Waals surface area contributed by atoms with Crippen molar-refractivity contribution in [1.29, 1.82) is 0 Å². The van der Waals surface area contributed by atoms with E-state index in [2.05, 4.69) is 25.9 Å². The third kappa shape index (κ3) is 2.91. The number of hydrogen-bond donors (Lipinski definition) is 2. The van der Waals surface area contributed by atoms with Crippen LogP contribution in [0.2, 0.25) is 0 Å². The van der Waals surface area contributed by atoms with E-state index in [4.69, 9.17) is 11.5 Å². The molecule has 0 saturated carbocycles. The Labute approximate surface area is 118 Å². The third-order valence-corrected chi connectivity index (χ3v) is 4.42. The first-order chi connectivity index (χ1) is 8.93. The number of halogens is 1. The lowest BCUT2D eigenvalue weighted by atomic mass is 10.3. The molecule has 0 bridgehead atoms. The molecule has 2 aromatic rings. The second kappa shape index (κ2) is 5.24. The van der Waals surface area contributed by atoms with Crippen LogP contribution in [0.5, 0.6) is 0 Å². The van der Waals surface area contributed by atoms with E-state index in [0.717, 1.165) is 0 Å². The van der Waals surface area contributed by atoms with Gasteiger partial charge in [-0.15, -0.1) is 0 Å². The minimum atomic E-state index is -3.70. The summed E-state index contributed by atoms with van der Waals surface area (Å²) in [4.78, 5) is 8.03. The summed E-state index contributed by atoms with van der Waals surface area (Å²) < 4.78 is 25.1. The fourth-order valence-electron chi connectivity index (χ4n) is 1.44. The summed E-state index contributed by atoms with van der Waals surface area (Å²) in [6.07, 6.45) is 0. The van der Waals surface area contributed by atoms with Crippen LogP contribution in [0.4, 0.5) is 5.69 Å². The van der Waals surface area contributed by atoms with Gasteiger partial charge in [0.25, 0.3) is 0 Å². The molecule has 1 heterocycles. The number of benzene rings is 1. The second-order valence-electron chi connectivity index (χ2n) is 3.72. The van der Waals surface area contributed by atoms with Gasteiger partial charge in [0.1, 0.15) is 10.4 Å². The van der Waals surface area contributed by atoms with E-state index in [9.17, 15) is 8.42 Å². The van der Waals surface area contributed by atoms with Gasteiger partial charge >= 0.3 is 0 Å². The van der Waals surface area contributed by atoms with Crippen molar-refractivity contribution in [2.75, 3.05) is 5.73 Å². The Bertz CT molecular complexity index is 701. The maximum Gasteiger partial charge on any atom is 0.224 e. The lowest BCUT2D eigenvalue weighted by molar-refractivity contribution is 0.590. The van der Waals surface area contributed by atoms with Crippen LogP contribution in [0.1, 0.15) is 5.82 Å². The summed E-state index contributed by atoms with van der Waals surface area (Å²) >= 11 is 3.14. The molecular weight excluding hydrogens is 332 g/mol. The molecule has 0 amide bonds. The first-order valence-electron chi connectivity index (χ1n) is 5.27. The number of nitrogen functional groups attached to an aromatic ring is 1. The average molecular weight is 343 g/mol. The lowest BCUT2D eigenvalue weighted by Crippen LogP contribution is -2.10. The molecule has 2 rings (SSSR count). The molecule has 100 valence electrons. The number of nitrogens with two attached hydrogens (primary N) is 2. The number of rotatable bonds is 3. The maximum absolute atomic E-state index is 12.4. The highest BCUT2D eigenvalue weighted by molar-refractivity contribution is 9.10. The van der Waals surface area contributed by atoms with Crippen LogP contribution in [-0.4, -0.2) is 18.4 Å². The minimum absolute atomic E-state index is 0.0592. The van der Waals surface area contributed by atoms with E-state index in [1.807, 2.05) is 0 Å². The van der Waals surface area contributed by atoms with E-state index in [0.29, 0.717) is 10.3 Å². The number of anilines is 1. The van der Waals surface area contributed by atoms with Crippen molar-refractivity contribution in [1.82, 2.24) is 9.97 Å². The molecule has 0 radical (unpaired) electrons. The van der Waals surface area contributed by atoms with Gasteiger partial charge in [0.15, 0.2) is 5.03 Å². The predicted octanol–water partition coefficient (Wildman–Crippen LogP) is 1.11. The lowest BCUT2D eigenvalue weighted by Gasteiger charge is -2.06. The quantitative estimate of drug-likeness (QED) is 0.638. The Balaban J connectivity index is 2.56. The van der Waals surface area contributed by atoms with Crippen LogP contribution >= 0.6 is 15.9 Å². The topological polar surface area (TPSA) is 112 Å². The molecule has 0 aliphatic carbocycles. The third-order valence-electron chi connectivity index (χ3n) is 2.37. The van der Waals surface area contributed by atoms with Gasteiger partial charge in [-0.1, -0.05) is 0 Å². The van der Waals surface area contributed by atoms with E-state index >= 15 is 0 Å². The monoisotopic (exact) mass is 342 g/mol. The fraction of sp³-hybridized carbons (Fsp3) is 0.0909. The van der Waals surface area contributed by atoms with Crippen LogP contribution < -0.4 is 11.5 Å². The molecular formula is C11H11BrN4O2S. The first kappa shape index (κ1) is 13.9. The number of hydrogen-bond acceptors (Lipinski definition) is 6. The molecule has 0 atom stereocenters. The van der Waals surface area contributed by atoms with E-state index in [-0.39, 0.29) is 22.3 Å². The highest BCUT2D eigenvalue weighted by atomic mass is 79.9. The zero-order valence-electron chi connectivity index (χ0n) is 9.75. The summed E-state index contributed by atoms with van der Waals surface area (Å²) in [7, 11) is -3.70. The summed E-state index contributed by atoms with van der Waals surface area (Å²) in [6.45, 7) is 0.0592. The van der Waals surface area contributed by atoms with Crippen molar-refractivity contribution in [3.8, 4) is 0 Å². The molecule has 0 aliphatic heterocycles. The van der Waals surface area contributed by atoms with Gasteiger partial charge in [-0.05, 0) is 40.2 Å². The maximum atomic E-state index is 12.4. The molecule has 0 spiro atoms. The van der Waals surface area contributed by atoms with Crippen LogP contribution in [-0.2, 0) is 16.4 Å². The van der Waals surface area contributed by atoms with Crippen molar-refractivity contribution in [2.45, 2.75) is 16.5 Å². The van der Waals surface area contributed by atoms with Crippen molar-refractivity contribution in [3.05, 3.63) is 40.8 Å². The Morgan fingerprint density at radius 2 is 1.79 bits per heavy atom. The molecule has 0 fully saturated rings. The van der Waals surface area contributed by atoms with Gasteiger partial charge in [-0.3, -0.25) is 0 Å². The van der Waals surface area contributed by atoms with Gasteiger partial charge in [-0.2, -0.15) is 0 Å². The zero-order valence-corrected chi connectivity index (χ0v) is 12.1. The highest BCUT2D eigenvalue weighted by Gasteiger charge is 2.20. The standard InChI is InChI=1S/C11H11BrN4O2S/c12-9-5-11(16-10(6-13)15-9)19(17,18)8-3-1-7(14)2-4-8/h1-5H,6,13-14H2. The normalized spacial score (nSPS) is 11.5. The van der Waals surface area contributed by atoms with Gasteiger partial charge < -0.3 is 11.5 Å². The van der Waals surface area contributed by atoms with Gasteiger partial charge in [0, 0.05) is 11.8 Å². The van der Waals surface area contributed by atoms with Gasteiger partial charge in [0.05, 0.1) is 11.4 Å². The molecule has 0 unspecified atom stereocenters. The molecule has 0 aliphatic rings. The summed E-state index contributed by atoms with van der Waals surface area (Å²) in [5.74, 6) is 0.253. The average Bonchev–Trinajstić information content (AvgIpc) is 2.38. The second-order valence-corrected chi connectivity index (χ2v) is 6.43. The van der Waals surface area contributed by atoms with Crippen LogP contribution in [0, 0.1) is 0 Å². The van der Waals surface area contributed by atoms with E-state index in [1.54, 1.807) is 0 Å². The molecule has 1 aromatic heterocycles. The van der Waals surface area contributed by atoms with Gasteiger partial charge in [-0.25, -0.2) is 18.4 Å². The summed E-state index contributed by atoms with van der Waals surface area (Å²) in [5, 5.41) is -0.0976. The van der Waals surface area contributed by atoms with Crippen molar-refractivity contribution in [2.24, 2.45) is 5.73 Å². The number of sulfone groups is 1. The Morgan fingerprint density at radius 3 is 2.37 bits per heavy atom. The summed E-state index contributed by atoms with van der Waals surface area (Å²) in [6, 6.07) is 7.25.